The highest BCUT2D eigenvalue weighted by molar-refractivity contribution is 6.09. The number of rotatable bonds is 19. The molecule has 306 valence electrons. The minimum Gasteiger partial charge on any atom is -0.423 e. The van der Waals surface area contributed by atoms with Crippen molar-refractivity contribution >= 4 is 45.5 Å². The molecule has 7 aromatic rings. The van der Waals surface area contributed by atoms with Gasteiger partial charge in [0.25, 0.3) is 0 Å². The van der Waals surface area contributed by atoms with Crippen molar-refractivity contribution in [3.63, 3.8) is 0 Å². The van der Waals surface area contributed by atoms with Crippen LogP contribution in [0, 0.1) is 5.82 Å². The van der Waals surface area contributed by atoms with Crippen LogP contribution in [-0.4, -0.2) is 60.2 Å². The number of allylic oxidation sites excluding steroid dienone is 1. The van der Waals surface area contributed by atoms with Crippen LogP contribution < -0.4 is 15.4 Å². The quantitative estimate of drug-likeness (QED) is 0.0239. The van der Waals surface area contributed by atoms with E-state index < -0.39 is 11.8 Å². The molecule has 13 heteroatoms. The number of amides is 1. The number of hydrogen-bond donors (Lipinski definition) is 3. The lowest BCUT2D eigenvalue weighted by molar-refractivity contribution is -0.129. The van der Waals surface area contributed by atoms with Crippen LogP contribution in [0.1, 0.15) is 79.0 Å². The van der Waals surface area contributed by atoms with E-state index in [1.54, 1.807) is 24.5 Å². The van der Waals surface area contributed by atoms with Gasteiger partial charge >= 0.3 is 5.97 Å². The lowest BCUT2D eigenvalue weighted by atomic mass is 10.0. The zero-order valence-electron chi connectivity index (χ0n) is 33.7. The van der Waals surface area contributed by atoms with E-state index in [9.17, 15) is 18.8 Å². The summed E-state index contributed by atoms with van der Waals surface area (Å²) >= 11 is 0. The molecule has 0 aliphatic carbocycles. The zero-order chi connectivity index (χ0) is 41.8. The highest BCUT2D eigenvalue weighted by Crippen LogP contribution is 2.28. The number of carbonyl (C=O) groups is 3. The second-order valence-corrected chi connectivity index (χ2v) is 14.8. The monoisotopic (exact) mass is 806 g/mol. The Morgan fingerprint density at radius 1 is 0.900 bits per heavy atom. The van der Waals surface area contributed by atoms with Crippen molar-refractivity contribution in [1.29, 1.82) is 0 Å². The van der Waals surface area contributed by atoms with Gasteiger partial charge in [-0.1, -0.05) is 67.1 Å². The Balaban J connectivity index is 0.823. The number of aryl methyl sites for hydroxylation is 1. The number of pyridine rings is 1. The average molecular weight is 807 g/mol. The maximum absolute atomic E-state index is 14.0. The van der Waals surface area contributed by atoms with E-state index in [-0.39, 0.29) is 17.7 Å². The van der Waals surface area contributed by atoms with Crippen LogP contribution in [0.5, 0.6) is 5.75 Å². The molecule has 0 aliphatic rings. The predicted octanol–water partition coefficient (Wildman–Crippen LogP) is 8.75. The number of nitrogens with zero attached hydrogens (tertiary/aromatic N) is 5. The summed E-state index contributed by atoms with van der Waals surface area (Å²) in [7, 11) is 0. The van der Waals surface area contributed by atoms with Gasteiger partial charge < -0.3 is 24.9 Å². The molecule has 7 rings (SSSR count). The third-order valence-electron chi connectivity index (χ3n) is 10.1. The first kappa shape index (κ1) is 41.2. The summed E-state index contributed by atoms with van der Waals surface area (Å²) in [5.74, 6) is 0.392. The number of ketones is 1. The number of unbranched alkanes of at least 4 members (excludes halogenated alkanes) is 3. The first-order valence-corrected chi connectivity index (χ1v) is 20.2. The van der Waals surface area contributed by atoms with Gasteiger partial charge in [0, 0.05) is 71.6 Å². The number of aromatic nitrogens is 6. The molecule has 60 heavy (non-hydrogen) atoms. The predicted molar refractivity (Wildman–Crippen MR) is 230 cm³/mol. The molecular weight excluding hydrogens is 760 g/mol. The molecule has 4 heterocycles. The summed E-state index contributed by atoms with van der Waals surface area (Å²) in [5.41, 5.74) is 5.96. The van der Waals surface area contributed by atoms with Gasteiger partial charge in [-0.25, -0.2) is 24.1 Å². The van der Waals surface area contributed by atoms with Crippen molar-refractivity contribution in [2.24, 2.45) is 0 Å². The first-order chi connectivity index (χ1) is 29.2. The third-order valence-corrected chi connectivity index (χ3v) is 10.1. The van der Waals surface area contributed by atoms with Gasteiger partial charge in [-0.15, -0.1) is 0 Å². The topological polar surface area (TPSA) is 157 Å². The summed E-state index contributed by atoms with van der Waals surface area (Å²) in [6.07, 6.45) is 14.6. The van der Waals surface area contributed by atoms with Crippen LogP contribution in [0.2, 0.25) is 0 Å². The first-order valence-electron chi connectivity index (χ1n) is 20.2. The molecule has 0 fully saturated rings. The van der Waals surface area contributed by atoms with Crippen LogP contribution in [0.25, 0.3) is 33.5 Å². The van der Waals surface area contributed by atoms with Crippen molar-refractivity contribution in [2.45, 2.75) is 64.8 Å². The van der Waals surface area contributed by atoms with Gasteiger partial charge in [-0.3, -0.25) is 14.6 Å². The van der Waals surface area contributed by atoms with Crippen molar-refractivity contribution in [1.82, 2.24) is 34.8 Å². The lowest BCUT2D eigenvalue weighted by Crippen LogP contribution is -2.24. The molecule has 4 aromatic heterocycles. The van der Waals surface area contributed by atoms with Crippen LogP contribution in [-0.2, 0) is 22.4 Å². The molecule has 0 atom stereocenters. The fourth-order valence-corrected chi connectivity index (χ4v) is 6.87. The molecule has 3 aromatic carbocycles. The van der Waals surface area contributed by atoms with E-state index in [4.69, 9.17) is 14.7 Å². The van der Waals surface area contributed by atoms with E-state index in [0.717, 1.165) is 53.9 Å². The number of hydrogen-bond acceptors (Lipinski definition) is 9. The van der Waals surface area contributed by atoms with Crippen molar-refractivity contribution < 1.29 is 23.5 Å². The van der Waals surface area contributed by atoms with Gasteiger partial charge in [0.05, 0.1) is 12.5 Å². The number of nitrogens with one attached hydrogen (secondary N) is 3. The highest BCUT2D eigenvalue weighted by atomic mass is 19.1. The fraction of sp³-hybridized carbons (Fsp3) is 0.255. The third kappa shape index (κ3) is 10.5. The molecule has 1 amide bonds. The summed E-state index contributed by atoms with van der Waals surface area (Å²) in [6, 6.07) is 23.6. The van der Waals surface area contributed by atoms with Crippen molar-refractivity contribution in [3.8, 4) is 17.1 Å². The van der Waals surface area contributed by atoms with Gasteiger partial charge in [-0.2, -0.15) is 0 Å². The lowest BCUT2D eigenvalue weighted by Gasteiger charge is -2.11. The maximum Gasteiger partial charge on any atom is 0.335 e. The number of carbonyl (C=O) groups excluding carboxylic acids is 3. The standard InChI is InChI=1S/C47H47FN8O4/c1-31(2)56-30-53-43-46(54-45(55-47(43)56)36-25-37(48)29-49-27-36)51-24-22-35-28-52-40-20-19-38(26-39(35)40)60-42(58)13-9-4-3-5-10-23-50-41(57)21-16-32-14-17-34(18-15-32)44(59)33-11-7-6-8-12-33/h6-9,11-15,17-20,25-31,52H,3-5,10,16,21-24H2,1-2H3,(H,50,57)(H,51,54,55). The van der Waals surface area contributed by atoms with Gasteiger partial charge in [0.1, 0.15) is 17.1 Å². The number of anilines is 1. The summed E-state index contributed by atoms with van der Waals surface area (Å²) in [6.45, 7) is 5.19. The Morgan fingerprint density at radius 3 is 2.52 bits per heavy atom. The molecule has 0 radical (unpaired) electrons. The molecule has 0 bridgehead atoms. The zero-order valence-corrected chi connectivity index (χ0v) is 33.7. The second kappa shape index (κ2) is 19.6. The van der Waals surface area contributed by atoms with Gasteiger partial charge in [0.2, 0.25) is 5.91 Å². The summed E-state index contributed by atoms with van der Waals surface area (Å²) < 4.78 is 21.6. The molecule has 0 saturated carbocycles. The molecule has 0 unspecified atom stereocenters. The Labute approximate surface area is 347 Å². The number of halogens is 1. The van der Waals surface area contributed by atoms with E-state index in [1.165, 1.54) is 18.3 Å². The van der Waals surface area contributed by atoms with E-state index in [2.05, 4.69) is 25.6 Å². The molecule has 3 N–H and O–H groups in total. The van der Waals surface area contributed by atoms with Gasteiger partial charge in [0.15, 0.2) is 23.1 Å². The number of esters is 1. The number of aromatic amines is 1. The number of ether oxygens (including phenoxy) is 1. The fourth-order valence-electron chi connectivity index (χ4n) is 6.87. The van der Waals surface area contributed by atoms with Crippen LogP contribution >= 0.6 is 0 Å². The van der Waals surface area contributed by atoms with Crippen LogP contribution in [0.4, 0.5) is 10.2 Å². The Hall–Kier alpha value is -7.02. The number of imidazole rings is 1. The Morgan fingerprint density at radius 2 is 1.72 bits per heavy atom. The van der Waals surface area contributed by atoms with Crippen molar-refractivity contribution in [3.05, 3.63) is 144 Å². The van der Waals surface area contributed by atoms with Crippen molar-refractivity contribution in [2.75, 3.05) is 18.4 Å². The number of benzene rings is 3. The maximum atomic E-state index is 14.0. The smallest absolute Gasteiger partial charge is 0.335 e. The normalized spacial score (nSPS) is 11.5. The minimum atomic E-state index is -0.470. The summed E-state index contributed by atoms with van der Waals surface area (Å²) in [5, 5.41) is 7.33. The second-order valence-electron chi connectivity index (χ2n) is 14.8. The molecule has 0 saturated heterocycles. The SMILES string of the molecule is CC(C)n1cnc2c(NCCc3c[nH]c4ccc(OC(=O)C=CCCCCCNC(=O)CCc5ccc(C(=O)c6ccccc6)cc5)cc34)nc(-c3cncc(F)c3)nc21. The number of fused-ring (bicyclic) bond motifs is 2. The van der Waals surface area contributed by atoms with Crippen LogP contribution in [0.3, 0.4) is 0 Å². The van der Waals surface area contributed by atoms with E-state index in [1.807, 2.05) is 85.3 Å². The largest absolute Gasteiger partial charge is 0.423 e. The molecule has 12 nitrogen and oxygen atoms in total. The van der Waals surface area contributed by atoms with E-state index >= 15 is 0 Å². The summed E-state index contributed by atoms with van der Waals surface area (Å²) in [4.78, 5) is 58.9. The average Bonchev–Trinajstić information content (AvgIpc) is 3.88. The van der Waals surface area contributed by atoms with E-state index in [0.29, 0.717) is 77.6 Å². The number of H-pyrrole nitrogens is 1. The Bertz CT molecular complexity index is 2620. The van der Waals surface area contributed by atoms with Crippen LogP contribution in [0.15, 0.2) is 116 Å². The molecular formula is C47H47FN8O4. The van der Waals surface area contributed by atoms with Gasteiger partial charge in [-0.05, 0) is 81.3 Å². The molecule has 0 spiro atoms. The molecule has 0 aliphatic heterocycles. The Kier molecular flexibility index (Phi) is 13.5. The highest BCUT2D eigenvalue weighted by Gasteiger charge is 2.17. The minimum absolute atomic E-state index is 0.00206.